The van der Waals surface area contributed by atoms with Crippen LogP contribution in [0.25, 0.3) is 0 Å². The first-order chi connectivity index (χ1) is 10.8. The fourth-order valence-corrected chi connectivity index (χ4v) is 3.09. The van der Waals surface area contributed by atoms with Gasteiger partial charge < -0.3 is 9.90 Å². The van der Waals surface area contributed by atoms with E-state index in [1.54, 1.807) is 0 Å². The van der Waals surface area contributed by atoms with Crippen molar-refractivity contribution in [2.45, 2.75) is 17.7 Å². The standard InChI is InChI=1S/C15H13ClFNO4S/c16-11-4-7-13(17)14(9-11)18-23(21,22)12-5-1-10(2-6-12)3-8-15(19)20/h1-2,4-7,9,18H,3,8H2,(H,19,20)/p-1. The minimum absolute atomic E-state index is 0.0749. The van der Waals surface area contributed by atoms with Crippen molar-refractivity contribution in [3.63, 3.8) is 0 Å². The van der Waals surface area contributed by atoms with Crippen LogP contribution in [0.2, 0.25) is 5.02 Å². The highest BCUT2D eigenvalue weighted by atomic mass is 35.5. The molecular weight excluding hydrogens is 345 g/mol. The number of anilines is 1. The Kier molecular flexibility index (Phi) is 5.23. The van der Waals surface area contributed by atoms with Crippen molar-refractivity contribution in [3.05, 3.63) is 58.9 Å². The van der Waals surface area contributed by atoms with E-state index in [2.05, 4.69) is 4.72 Å². The van der Waals surface area contributed by atoms with Crippen molar-refractivity contribution in [1.29, 1.82) is 0 Å². The average Bonchev–Trinajstić information content (AvgIpc) is 2.49. The molecule has 0 aliphatic carbocycles. The summed E-state index contributed by atoms with van der Waals surface area (Å²) in [5.74, 6) is -1.93. The highest BCUT2D eigenvalue weighted by Gasteiger charge is 2.16. The van der Waals surface area contributed by atoms with Gasteiger partial charge in [0.15, 0.2) is 0 Å². The van der Waals surface area contributed by atoms with Crippen LogP contribution in [-0.2, 0) is 21.2 Å². The van der Waals surface area contributed by atoms with Gasteiger partial charge in [0, 0.05) is 11.0 Å². The molecule has 0 saturated heterocycles. The number of aliphatic carboxylic acids is 1. The van der Waals surface area contributed by atoms with E-state index in [1.807, 2.05) is 0 Å². The number of rotatable bonds is 6. The van der Waals surface area contributed by atoms with Crippen LogP contribution >= 0.6 is 11.6 Å². The minimum Gasteiger partial charge on any atom is -0.550 e. The summed E-state index contributed by atoms with van der Waals surface area (Å²) in [5, 5.41) is 10.6. The van der Waals surface area contributed by atoms with Crippen molar-refractivity contribution in [1.82, 2.24) is 0 Å². The molecule has 8 heteroatoms. The summed E-state index contributed by atoms with van der Waals surface area (Å²) in [6, 6.07) is 9.15. The zero-order valence-corrected chi connectivity index (χ0v) is 13.3. The summed E-state index contributed by atoms with van der Waals surface area (Å²) in [5.41, 5.74) is 0.403. The van der Waals surface area contributed by atoms with E-state index in [1.165, 1.54) is 36.4 Å². The van der Waals surface area contributed by atoms with E-state index < -0.39 is 21.8 Å². The van der Waals surface area contributed by atoms with Crippen molar-refractivity contribution in [2.75, 3.05) is 4.72 Å². The number of benzene rings is 2. The lowest BCUT2D eigenvalue weighted by atomic mass is 10.1. The van der Waals surface area contributed by atoms with Crippen LogP contribution in [0.3, 0.4) is 0 Å². The zero-order chi connectivity index (χ0) is 17.0. The van der Waals surface area contributed by atoms with Crippen LogP contribution in [0.1, 0.15) is 12.0 Å². The van der Waals surface area contributed by atoms with E-state index in [0.29, 0.717) is 5.56 Å². The number of hydrogen-bond acceptors (Lipinski definition) is 4. The molecule has 0 radical (unpaired) electrons. The third-order valence-electron chi connectivity index (χ3n) is 3.02. The molecule has 0 aromatic heterocycles. The molecule has 2 rings (SSSR count). The van der Waals surface area contributed by atoms with Gasteiger partial charge in [-0.15, -0.1) is 0 Å². The van der Waals surface area contributed by atoms with Gasteiger partial charge in [-0.2, -0.15) is 0 Å². The fraction of sp³-hybridized carbons (Fsp3) is 0.133. The van der Waals surface area contributed by atoms with Gasteiger partial charge in [-0.05, 0) is 48.7 Å². The number of sulfonamides is 1. The molecule has 2 aromatic rings. The van der Waals surface area contributed by atoms with Crippen LogP contribution in [-0.4, -0.2) is 14.4 Å². The van der Waals surface area contributed by atoms with Crippen molar-refractivity contribution >= 4 is 33.3 Å². The summed E-state index contributed by atoms with van der Waals surface area (Å²) in [7, 11) is -3.98. The highest BCUT2D eigenvalue weighted by molar-refractivity contribution is 7.92. The first-order valence-electron chi connectivity index (χ1n) is 6.54. The second kappa shape index (κ2) is 6.97. The van der Waals surface area contributed by atoms with E-state index >= 15 is 0 Å². The lowest BCUT2D eigenvalue weighted by Crippen LogP contribution is -2.22. The first kappa shape index (κ1) is 17.2. The molecule has 0 unspecified atom stereocenters. The predicted molar refractivity (Wildman–Crippen MR) is 82.0 cm³/mol. The third kappa shape index (κ3) is 4.67. The molecule has 0 amide bonds. The van der Waals surface area contributed by atoms with Gasteiger partial charge in [0.2, 0.25) is 0 Å². The summed E-state index contributed by atoms with van der Waals surface area (Å²) < 4.78 is 40.2. The number of hydrogen-bond donors (Lipinski definition) is 1. The zero-order valence-electron chi connectivity index (χ0n) is 11.8. The molecule has 0 fully saturated rings. The molecule has 2 aromatic carbocycles. The molecule has 0 atom stereocenters. The van der Waals surface area contributed by atoms with E-state index in [9.17, 15) is 22.7 Å². The van der Waals surface area contributed by atoms with Gasteiger partial charge >= 0.3 is 0 Å². The maximum Gasteiger partial charge on any atom is 0.261 e. The quantitative estimate of drug-likeness (QED) is 0.857. The van der Waals surface area contributed by atoms with E-state index in [-0.39, 0.29) is 28.4 Å². The molecule has 1 N–H and O–H groups in total. The number of aryl methyl sites for hydroxylation is 1. The largest absolute Gasteiger partial charge is 0.550 e. The summed E-state index contributed by atoms with van der Waals surface area (Å²) >= 11 is 5.72. The molecule has 0 bridgehead atoms. The third-order valence-corrected chi connectivity index (χ3v) is 4.64. The van der Waals surface area contributed by atoms with Crippen LogP contribution in [0.5, 0.6) is 0 Å². The molecule has 0 spiro atoms. The minimum atomic E-state index is -3.98. The monoisotopic (exact) mass is 356 g/mol. The highest BCUT2D eigenvalue weighted by Crippen LogP contribution is 2.23. The van der Waals surface area contributed by atoms with Gasteiger partial charge in [-0.3, -0.25) is 4.72 Å². The Morgan fingerprint density at radius 3 is 2.43 bits per heavy atom. The number of carboxylic acid groups (broad SMARTS) is 1. The molecule has 5 nitrogen and oxygen atoms in total. The Balaban J connectivity index is 2.19. The SMILES string of the molecule is O=C([O-])CCc1ccc(S(=O)(=O)Nc2cc(Cl)ccc2F)cc1. The molecule has 122 valence electrons. The Morgan fingerprint density at radius 1 is 1.17 bits per heavy atom. The summed E-state index contributed by atoms with van der Waals surface area (Å²) in [4.78, 5) is 10.3. The van der Waals surface area contributed by atoms with Crippen LogP contribution in [0.15, 0.2) is 47.4 Å². The van der Waals surface area contributed by atoms with Gasteiger partial charge in [0.1, 0.15) is 5.82 Å². The Hall–Kier alpha value is -2.12. The van der Waals surface area contributed by atoms with Gasteiger partial charge in [-0.25, -0.2) is 12.8 Å². The van der Waals surface area contributed by atoms with Gasteiger partial charge in [-0.1, -0.05) is 23.7 Å². The Bertz CT molecular complexity index is 822. The lowest BCUT2D eigenvalue weighted by molar-refractivity contribution is -0.305. The normalized spacial score (nSPS) is 11.2. The van der Waals surface area contributed by atoms with Crippen molar-refractivity contribution in [2.24, 2.45) is 0 Å². The predicted octanol–water partition coefficient (Wildman–Crippen LogP) is 1.96. The van der Waals surface area contributed by atoms with Crippen molar-refractivity contribution < 1.29 is 22.7 Å². The number of nitrogens with one attached hydrogen (secondary N) is 1. The number of halogens is 2. The number of carbonyl (C=O) groups is 1. The van der Waals surface area contributed by atoms with Crippen molar-refractivity contribution in [3.8, 4) is 0 Å². The van der Waals surface area contributed by atoms with E-state index in [4.69, 9.17) is 11.6 Å². The smallest absolute Gasteiger partial charge is 0.261 e. The maximum atomic E-state index is 13.6. The Morgan fingerprint density at radius 2 is 1.83 bits per heavy atom. The number of carboxylic acids is 1. The van der Waals surface area contributed by atoms with Crippen LogP contribution in [0.4, 0.5) is 10.1 Å². The second-order valence-electron chi connectivity index (χ2n) is 4.75. The van der Waals surface area contributed by atoms with Gasteiger partial charge in [0.25, 0.3) is 10.0 Å². The van der Waals surface area contributed by atoms with E-state index in [0.717, 1.165) is 6.07 Å². The molecule has 0 aliphatic rings. The van der Waals surface area contributed by atoms with Crippen LogP contribution in [0, 0.1) is 5.82 Å². The maximum absolute atomic E-state index is 13.6. The molecule has 0 saturated carbocycles. The molecular formula is C15H12ClFNO4S-. The molecule has 0 aliphatic heterocycles. The Labute approximate surface area is 137 Å². The second-order valence-corrected chi connectivity index (χ2v) is 6.86. The van der Waals surface area contributed by atoms with Gasteiger partial charge in [0.05, 0.1) is 10.6 Å². The topological polar surface area (TPSA) is 86.3 Å². The first-order valence-corrected chi connectivity index (χ1v) is 8.41. The molecule has 23 heavy (non-hydrogen) atoms. The van der Waals surface area contributed by atoms with Crippen LogP contribution < -0.4 is 9.83 Å². The lowest BCUT2D eigenvalue weighted by Gasteiger charge is -2.10. The fourth-order valence-electron chi connectivity index (χ4n) is 1.86. The summed E-state index contributed by atoms with van der Waals surface area (Å²) in [6.45, 7) is 0. The molecule has 0 heterocycles. The average molecular weight is 357 g/mol. The summed E-state index contributed by atoms with van der Waals surface area (Å²) in [6.07, 6.45) is 0.0804. The number of carbonyl (C=O) groups excluding carboxylic acids is 1.